The van der Waals surface area contributed by atoms with Gasteiger partial charge in [-0.15, -0.1) is 0 Å². The minimum absolute atomic E-state index is 0.0250. The van der Waals surface area contributed by atoms with Crippen molar-refractivity contribution >= 4 is 11.8 Å². The molecular formula is C17H18N2O4. The quantitative estimate of drug-likeness (QED) is 0.791. The van der Waals surface area contributed by atoms with Crippen LogP contribution in [0.4, 0.5) is 0 Å². The smallest absolute Gasteiger partial charge is 0.258 e. The highest BCUT2D eigenvalue weighted by Crippen LogP contribution is 2.26. The summed E-state index contributed by atoms with van der Waals surface area (Å²) in [5.74, 6) is 0.839. The lowest BCUT2D eigenvalue weighted by atomic mass is 9.86. The van der Waals surface area contributed by atoms with Crippen molar-refractivity contribution in [3.63, 3.8) is 0 Å². The first kappa shape index (κ1) is 15.1. The predicted molar refractivity (Wildman–Crippen MR) is 82.9 cm³/mol. The van der Waals surface area contributed by atoms with Crippen LogP contribution in [0.3, 0.4) is 0 Å². The molecule has 2 aromatic rings. The summed E-state index contributed by atoms with van der Waals surface area (Å²) >= 11 is 0. The second-order valence-corrected chi connectivity index (χ2v) is 5.49. The van der Waals surface area contributed by atoms with Crippen LogP contribution in [-0.2, 0) is 9.59 Å². The standard InChI is InChI=1S/C17H18N2O4/c1-11(13-8-5-9-22-13)15-16(17(21)19-15)18-14(20)10-23-12-6-3-2-4-7-12/h2-9,11,15-16H,10H2,1H3,(H,18,20)(H,19,21)/t11?,15-,16+/m1/s1. The fourth-order valence-corrected chi connectivity index (χ4v) is 2.58. The summed E-state index contributed by atoms with van der Waals surface area (Å²) in [6, 6.07) is 12.0. The molecule has 0 bridgehead atoms. The number of rotatable bonds is 6. The highest BCUT2D eigenvalue weighted by molar-refractivity contribution is 5.94. The van der Waals surface area contributed by atoms with Gasteiger partial charge in [-0.1, -0.05) is 25.1 Å². The molecule has 120 valence electrons. The summed E-state index contributed by atoms with van der Waals surface area (Å²) in [6.07, 6.45) is 1.59. The molecule has 1 fully saturated rings. The van der Waals surface area contributed by atoms with Crippen molar-refractivity contribution in [3.05, 3.63) is 54.5 Å². The summed E-state index contributed by atoms with van der Waals surface area (Å²) in [5.41, 5.74) is 0. The van der Waals surface area contributed by atoms with Crippen LogP contribution in [-0.4, -0.2) is 30.5 Å². The first-order valence-electron chi connectivity index (χ1n) is 7.46. The van der Waals surface area contributed by atoms with Crippen LogP contribution < -0.4 is 15.4 Å². The minimum atomic E-state index is -0.568. The maximum atomic E-state index is 12.0. The number of para-hydroxylation sites is 1. The van der Waals surface area contributed by atoms with Crippen LogP contribution in [0.25, 0.3) is 0 Å². The number of ether oxygens (including phenoxy) is 1. The van der Waals surface area contributed by atoms with Crippen LogP contribution in [0.5, 0.6) is 5.75 Å². The Bertz CT molecular complexity index is 669. The molecule has 2 N–H and O–H groups in total. The van der Waals surface area contributed by atoms with Gasteiger partial charge in [-0.25, -0.2) is 0 Å². The Kier molecular flexibility index (Phi) is 4.32. The number of hydrogen-bond donors (Lipinski definition) is 2. The van der Waals surface area contributed by atoms with Crippen molar-refractivity contribution in [2.75, 3.05) is 6.61 Å². The highest BCUT2D eigenvalue weighted by Gasteiger charge is 2.44. The van der Waals surface area contributed by atoms with Gasteiger partial charge in [0.1, 0.15) is 17.6 Å². The van der Waals surface area contributed by atoms with Gasteiger partial charge in [0.15, 0.2) is 6.61 Å². The fourth-order valence-electron chi connectivity index (χ4n) is 2.58. The van der Waals surface area contributed by atoms with Gasteiger partial charge in [-0.2, -0.15) is 0 Å². The molecule has 1 aliphatic heterocycles. The van der Waals surface area contributed by atoms with E-state index in [1.54, 1.807) is 24.5 Å². The third kappa shape index (κ3) is 3.36. The molecule has 3 atom stereocenters. The van der Waals surface area contributed by atoms with Crippen LogP contribution in [0.2, 0.25) is 0 Å². The Morgan fingerprint density at radius 2 is 2.09 bits per heavy atom. The largest absolute Gasteiger partial charge is 0.484 e. The van der Waals surface area contributed by atoms with Crippen molar-refractivity contribution in [2.45, 2.75) is 24.9 Å². The number of β-lactam (4-membered cyclic amide) rings is 1. The third-order valence-electron chi connectivity index (χ3n) is 3.91. The van der Waals surface area contributed by atoms with Crippen molar-refractivity contribution in [2.24, 2.45) is 0 Å². The second-order valence-electron chi connectivity index (χ2n) is 5.49. The van der Waals surface area contributed by atoms with Gasteiger partial charge >= 0.3 is 0 Å². The molecule has 0 aliphatic carbocycles. The maximum Gasteiger partial charge on any atom is 0.258 e. The van der Waals surface area contributed by atoms with E-state index < -0.39 is 6.04 Å². The molecule has 1 aliphatic rings. The van der Waals surface area contributed by atoms with Crippen LogP contribution in [0.1, 0.15) is 18.6 Å². The average molecular weight is 314 g/mol. The summed E-state index contributed by atoms with van der Waals surface area (Å²) in [6.45, 7) is 1.82. The highest BCUT2D eigenvalue weighted by atomic mass is 16.5. The van der Waals surface area contributed by atoms with Gasteiger partial charge in [0.2, 0.25) is 5.91 Å². The third-order valence-corrected chi connectivity index (χ3v) is 3.91. The van der Waals surface area contributed by atoms with Crippen molar-refractivity contribution < 1.29 is 18.7 Å². The van der Waals surface area contributed by atoms with E-state index in [1.165, 1.54) is 0 Å². The second kappa shape index (κ2) is 6.56. The molecule has 1 saturated heterocycles. The molecule has 6 heteroatoms. The van der Waals surface area contributed by atoms with E-state index in [0.717, 1.165) is 5.76 Å². The molecule has 23 heavy (non-hydrogen) atoms. The van der Waals surface area contributed by atoms with Crippen molar-refractivity contribution in [3.8, 4) is 5.75 Å². The Morgan fingerprint density at radius 1 is 1.30 bits per heavy atom. The van der Waals surface area contributed by atoms with Crippen molar-refractivity contribution in [1.29, 1.82) is 0 Å². The number of benzene rings is 1. The molecule has 1 aromatic carbocycles. The van der Waals surface area contributed by atoms with E-state index in [0.29, 0.717) is 5.75 Å². The number of furan rings is 1. The summed E-state index contributed by atoms with van der Waals surface area (Å²) < 4.78 is 10.7. The zero-order valence-corrected chi connectivity index (χ0v) is 12.7. The van der Waals surface area contributed by atoms with E-state index >= 15 is 0 Å². The molecule has 3 rings (SSSR count). The lowest BCUT2D eigenvalue weighted by Gasteiger charge is -2.40. The minimum Gasteiger partial charge on any atom is -0.484 e. The zero-order chi connectivity index (χ0) is 16.2. The molecular weight excluding hydrogens is 296 g/mol. The first-order chi connectivity index (χ1) is 11.1. The molecule has 1 unspecified atom stereocenters. The van der Waals surface area contributed by atoms with Gasteiger partial charge in [0.25, 0.3) is 5.91 Å². The Morgan fingerprint density at radius 3 is 2.74 bits per heavy atom. The Labute approximate surface area is 133 Å². The lowest BCUT2D eigenvalue weighted by Crippen LogP contribution is -2.70. The summed E-state index contributed by atoms with van der Waals surface area (Å²) in [7, 11) is 0. The lowest BCUT2D eigenvalue weighted by molar-refractivity contribution is -0.137. The van der Waals surface area contributed by atoms with Gasteiger partial charge in [0.05, 0.1) is 12.3 Å². The molecule has 0 spiro atoms. The number of nitrogens with one attached hydrogen (secondary N) is 2. The molecule has 0 radical (unpaired) electrons. The first-order valence-corrected chi connectivity index (χ1v) is 7.46. The van der Waals surface area contributed by atoms with E-state index in [4.69, 9.17) is 9.15 Å². The van der Waals surface area contributed by atoms with Gasteiger partial charge < -0.3 is 19.8 Å². The van der Waals surface area contributed by atoms with E-state index in [-0.39, 0.29) is 30.4 Å². The summed E-state index contributed by atoms with van der Waals surface area (Å²) in [4.78, 5) is 23.7. The number of carbonyl (C=O) groups is 2. The topological polar surface area (TPSA) is 80.6 Å². The van der Waals surface area contributed by atoms with E-state index in [1.807, 2.05) is 31.2 Å². The van der Waals surface area contributed by atoms with E-state index in [9.17, 15) is 9.59 Å². The van der Waals surface area contributed by atoms with Gasteiger partial charge in [0, 0.05) is 5.92 Å². The Balaban J connectivity index is 1.53. The molecule has 1 aromatic heterocycles. The monoisotopic (exact) mass is 314 g/mol. The SMILES string of the molecule is CC(c1ccco1)[C@H]1NC(=O)[C@H]1NC(=O)COc1ccccc1. The predicted octanol–water partition coefficient (Wildman–Crippen LogP) is 1.45. The van der Waals surface area contributed by atoms with Crippen LogP contribution in [0, 0.1) is 0 Å². The molecule has 6 nitrogen and oxygen atoms in total. The van der Waals surface area contributed by atoms with Gasteiger partial charge in [-0.05, 0) is 24.3 Å². The van der Waals surface area contributed by atoms with Gasteiger partial charge in [-0.3, -0.25) is 9.59 Å². The van der Waals surface area contributed by atoms with E-state index in [2.05, 4.69) is 10.6 Å². The normalized spacial score (nSPS) is 21.0. The van der Waals surface area contributed by atoms with Crippen LogP contribution in [0.15, 0.2) is 53.1 Å². The van der Waals surface area contributed by atoms with Crippen LogP contribution >= 0.6 is 0 Å². The number of carbonyl (C=O) groups excluding carboxylic acids is 2. The number of amides is 2. The molecule has 0 saturated carbocycles. The molecule has 2 amide bonds. The Hall–Kier alpha value is -2.76. The maximum absolute atomic E-state index is 12.0. The zero-order valence-electron chi connectivity index (χ0n) is 12.7. The molecule has 2 heterocycles. The fraction of sp³-hybridized carbons (Fsp3) is 0.294. The summed E-state index contributed by atoms with van der Waals surface area (Å²) in [5, 5.41) is 5.52. The number of hydrogen-bond acceptors (Lipinski definition) is 4. The average Bonchev–Trinajstić information content (AvgIpc) is 3.10. The van der Waals surface area contributed by atoms with Crippen molar-refractivity contribution in [1.82, 2.24) is 10.6 Å².